The number of benzene rings is 1. The average molecular weight is 324 g/mol. The molecule has 0 aliphatic rings. The Hall–Kier alpha value is -1.22. The molecular formula is C17H25O4P. The minimum absolute atomic E-state index is 0.170. The van der Waals surface area contributed by atoms with Gasteiger partial charge >= 0.3 is 7.60 Å². The highest BCUT2D eigenvalue weighted by Gasteiger charge is 2.36. The molecule has 1 rings (SSSR count). The van der Waals surface area contributed by atoms with Crippen molar-refractivity contribution in [1.82, 2.24) is 0 Å². The van der Waals surface area contributed by atoms with Crippen LogP contribution in [0, 0.1) is 0 Å². The van der Waals surface area contributed by atoms with E-state index in [-0.39, 0.29) is 13.2 Å². The number of carbonyl (C=O) groups is 1. The summed E-state index contributed by atoms with van der Waals surface area (Å²) in [6.07, 6.45) is 3.63. The summed E-state index contributed by atoms with van der Waals surface area (Å²) in [6, 6.07) is 7.22. The maximum Gasteiger partial charge on any atom is 0.401 e. The topological polar surface area (TPSA) is 52.6 Å². The highest BCUT2D eigenvalue weighted by Crippen LogP contribution is 2.51. The van der Waals surface area contributed by atoms with Crippen LogP contribution in [0.25, 0.3) is 0 Å². The molecule has 122 valence electrons. The Kier molecular flexibility index (Phi) is 7.74. The Morgan fingerprint density at radius 2 is 1.77 bits per heavy atom. The number of aryl methyl sites for hydroxylation is 1. The van der Waals surface area contributed by atoms with Crippen LogP contribution in [0.1, 0.15) is 50.0 Å². The fraction of sp³-hybridized carbons (Fsp3) is 0.471. The van der Waals surface area contributed by atoms with Crippen molar-refractivity contribution in [1.29, 1.82) is 0 Å². The van der Waals surface area contributed by atoms with E-state index in [1.807, 2.05) is 19.1 Å². The van der Waals surface area contributed by atoms with Crippen LogP contribution in [0.3, 0.4) is 0 Å². The van der Waals surface area contributed by atoms with Crippen LogP contribution in [0.5, 0.6) is 0 Å². The predicted molar refractivity (Wildman–Crippen MR) is 89.4 cm³/mol. The van der Waals surface area contributed by atoms with Crippen molar-refractivity contribution in [2.24, 2.45) is 0 Å². The highest BCUT2D eigenvalue weighted by molar-refractivity contribution is 7.72. The van der Waals surface area contributed by atoms with Crippen molar-refractivity contribution in [3.63, 3.8) is 0 Å². The summed E-state index contributed by atoms with van der Waals surface area (Å²) in [7, 11) is -3.77. The van der Waals surface area contributed by atoms with E-state index >= 15 is 0 Å². The summed E-state index contributed by atoms with van der Waals surface area (Å²) in [4.78, 5) is 12.7. The van der Waals surface area contributed by atoms with Crippen LogP contribution < -0.4 is 0 Å². The molecule has 1 aromatic carbocycles. The molecule has 0 heterocycles. The molecule has 22 heavy (non-hydrogen) atoms. The highest BCUT2D eigenvalue weighted by atomic mass is 31.2. The zero-order valence-electron chi connectivity index (χ0n) is 13.8. The minimum atomic E-state index is -3.77. The second-order valence-corrected chi connectivity index (χ2v) is 6.85. The van der Waals surface area contributed by atoms with Crippen molar-refractivity contribution < 1.29 is 18.4 Å². The van der Waals surface area contributed by atoms with Gasteiger partial charge in [0.1, 0.15) is 0 Å². The third-order valence-corrected chi connectivity index (χ3v) is 5.31. The lowest BCUT2D eigenvalue weighted by Gasteiger charge is -2.17. The quantitative estimate of drug-likeness (QED) is 0.474. The zero-order chi connectivity index (χ0) is 16.6. The molecule has 0 bridgehead atoms. The number of rotatable bonds is 9. The maximum absolute atomic E-state index is 12.7. The molecule has 0 saturated carbocycles. The lowest BCUT2D eigenvalue weighted by Crippen LogP contribution is -2.10. The standard InChI is InChI=1S/C17H25O4P/c1-5-14(4)12-13-15-10-8-9-11-16(15)17(18)22(19,20-6-2)21-7-3/h5,8-11H,6-7,12-13H2,1-4H3/b14-5+. The molecule has 1 aromatic rings. The minimum Gasteiger partial charge on any atom is -0.303 e. The number of carbonyl (C=O) groups excluding carboxylic acids is 1. The zero-order valence-corrected chi connectivity index (χ0v) is 14.7. The van der Waals surface area contributed by atoms with Gasteiger partial charge in [-0.15, -0.1) is 0 Å². The van der Waals surface area contributed by atoms with Gasteiger partial charge in [-0.3, -0.25) is 9.36 Å². The van der Waals surface area contributed by atoms with Gasteiger partial charge in [-0.25, -0.2) is 0 Å². The van der Waals surface area contributed by atoms with Crippen molar-refractivity contribution in [3.8, 4) is 0 Å². The lowest BCUT2D eigenvalue weighted by atomic mass is 10.0. The monoisotopic (exact) mass is 324 g/mol. The Morgan fingerprint density at radius 3 is 2.32 bits per heavy atom. The first-order valence-corrected chi connectivity index (χ1v) is 9.16. The maximum atomic E-state index is 12.7. The largest absolute Gasteiger partial charge is 0.401 e. The van der Waals surface area contributed by atoms with E-state index in [0.29, 0.717) is 5.56 Å². The van der Waals surface area contributed by atoms with Gasteiger partial charge in [-0.2, -0.15) is 0 Å². The van der Waals surface area contributed by atoms with Crippen molar-refractivity contribution in [2.75, 3.05) is 13.2 Å². The molecule has 0 aliphatic carbocycles. The summed E-state index contributed by atoms with van der Waals surface area (Å²) in [5, 5.41) is 0. The van der Waals surface area contributed by atoms with E-state index in [4.69, 9.17) is 9.05 Å². The average Bonchev–Trinajstić information content (AvgIpc) is 2.52. The smallest absolute Gasteiger partial charge is 0.303 e. The Bertz CT molecular complexity index is 568. The summed E-state index contributed by atoms with van der Waals surface area (Å²) >= 11 is 0. The van der Waals surface area contributed by atoms with Gasteiger partial charge in [0.15, 0.2) is 0 Å². The van der Waals surface area contributed by atoms with E-state index in [1.165, 1.54) is 5.57 Å². The molecular weight excluding hydrogens is 299 g/mol. The summed E-state index contributed by atoms with van der Waals surface area (Å²) in [5.74, 6) is 0. The molecule has 0 spiro atoms. The van der Waals surface area contributed by atoms with Gasteiger partial charge in [-0.05, 0) is 46.1 Å². The predicted octanol–water partition coefficient (Wildman–Crippen LogP) is 4.99. The third-order valence-electron chi connectivity index (χ3n) is 3.38. The second kappa shape index (κ2) is 9.04. The second-order valence-electron chi connectivity index (χ2n) is 4.93. The molecule has 0 unspecified atom stereocenters. The van der Waals surface area contributed by atoms with Crippen LogP contribution in [-0.2, 0) is 20.0 Å². The Labute approximate surface area is 133 Å². The summed E-state index contributed by atoms with van der Waals surface area (Å²) in [6.45, 7) is 7.77. The van der Waals surface area contributed by atoms with Crippen LogP contribution in [0.15, 0.2) is 35.9 Å². The Morgan fingerprint density at radius 1 is 1.18 bits per heavy atom. The SMILES string of the molecule is C/C=C(\C)CCc1ccccc1C(=O)P(=O)(OCC)OCC. The van der Waals surface area contributed by atoms with Crippen molar-refractivity contribution >= 4 is 13.1 Å². The van der Waals surface area contributed by atoms with E-state index in [9.17, 15) is 9.36 Å². The van der Waals surface area contributed by atoms with Gasteiger partial charge < -0.3 is 9.05 Å². The third kappa shape index (κ3) is 4.91. The van der Waals surface area contributed by atoms with Gasteiger partial charge in [-0.1, -0.05) is 35.9 Å². The summed E-state index contributed by atoms with van der Waals surface area (Å²) in [5.41, 5.74) is 2.00. The number of hydrogen-bond donors (Lipinski definition) is 0. The molecule has 0 atom stereocenters. The number of allylic oxidation sites excluding steroid dienone is 2. The fourth-order valence-electron chi connectivity index (χ4n) is 2.07. The van der Waals surface area contributed by atoms with E-state index in [0.717, 1.165) is 18.4 Å². The molecule has 5 heteroatoms. The molecule has 0 aliphatic heterocycles. The fourth-order valence-corrected chi connectivity index (χ4v) is 3.57. The first-order chi connectivity index (χ1) is 10.5. The van der Waals surface area contributed by atoms with Crippen LogP contribution in [0.4, 0.5) is 0 Å². The van der Waals surface area contributed by atoms with Crippen molar-refractivity contribution in [3.05, 3.63) is 47.0 Å². The van der Waals surface area contributed by atoms with E-state index < -0.39 is 13.1 Å². The summed E-state index contributed by atoms with van der Waals surface area (Å²) < 4.78 is 23.0. The molecule has 0 fully saturated rings. The molecule has 0 radical (unpaired) electrons. The number of hydrogen-bond acceptors (Lipinski definition) is 4. The normalized spacial score (nSPS) is 12.5. The first kappa shape index (κ1) is 18.8. The molecule has 0 N–H and O–H groups in total. The van der Waals surface area contributed by atoms with Gasteiger partial charge in [0.2, 0.25) is 0 Å². The van der Waals surface area contributed by atoms with Crippen LogP contribution in [0.2, 0.25) is 0 Å². The van der Waals surface area contributed by atoms with Gasteiger partial charge in [0.25, 0.3) is 5.52 Å². The van der Waals surface area contributed by atoms with Crippen LogP contribution in [-0.4, -0.2) is 18.7 Å². The molecule has 4 nitrogen and oxygen atoms in total. The van der Waals surface area contributed by atoms with Gasteiger partial charge in [0.05, 0.1) is 13.2 Å². The lowest BCUT2D eigenvalue weighted by molar-refractivity contribution is 0.100. The molecule has 0 amide bonds. The Balaban J connectivity index is 3.09. The molecule has 0 aromatic heterocycles. The van der Waals surface area contributed by atoms with E-state index in [1.54, 1.807) is 26.0 Å². The van der Waals surface area contributed by atoms with Crippen LogP contribution >= 0.6 is 7.60 Å². The first-order valence-electron chi connectivity index (χ1n) is 7.62. The molecule has 0 saturated heterocycles. The van der Waals surface area contributed by atoms with E-state index in [2.05, 4.69) is 13.0 Å². The van der Waals surface area contributed by atoms with Gasteiger partial charge in [0, 0.05) is 5.56 Å². The van der Waals surface area contributed by atoms with Crippen molar-refractivity contribution in [2.45, 2.75) is 40.5 Å².